The maximum Gasteiger partial charge on any atom is 0.0589 e. The van der Waals surface area contributed by atoms with E-state index in [2.05, 4.69) is 55.4 Å². The second kappa shape index (κ2) is 8.25. The first-order valence-electron chi connectivity index (χ1n) is 6.64. The van der Waals surface area contributed by atoms with Crippen molar-refractivity contribution in [1.29, 1.82) is 0 Å². The van der Waals surface area contributed by atoms with Crippen molar-refractivity contribution in [2.45, 2.75) is 19.9 Å². The molecule has 0 bridgehead atoms. The highest BCUT2D eigenvalue weighted by atomic mass is 16.5. The molecule has 0 aromatic heterocycles. The van der Waals surface area contributed by atoms with Crippen LogP contribution in [0.15, 0.2) is 24.3 Å². The molecule has 1 aromatic rings. The van der Waals surface area contributed by atoms with E-state index in [-0.39, 0.29) is 0 Å². The Labute approximate surface area is 111 Å². The summed E-state index contributed by atoms with van der Waals surface area (Å²) in [5, 5.41) is 3.54. The number of ether oxygens (including phenoxy) is 1. The van der Waals surface area contributed by atoms with Crippen molar-refractivity contribution >= 4 is 0 Å². The van der Waals surface area contributed by atoms with Crippen molar-refractivity contribution in [1.82, 2.24) is 10.2 Å². The molecule has 1 aromatic carbocycles. The van der Waals surface area contributed by atoms with Crippen LogP contribution >= 0.6 is 0 Å². The third-order valence-corrected chi connectivity index (χ3v) is 3.10. The molecule has 1 N–H and O–H groups in total. The molecule has 0 spiro atoms. The zero-order chi connectivity index (χ0) is 13.4. The number of methoxy groups -OCH3 is 1. The smallest absolute Gasteiger partial charge is 0.0589 e. The predicted molar refractivity (Wildman–Crippen MR) is 77.0 cm³/mol. The van der Waals surface area contributed by atoms with E-state index in [1.807, 2.05) is 0 Å². The fraction of sp³-hybridized carbons (Fsp3) is 0.600. The van der Waals surface area contributed by atoms with Gasteiger partial charge >= 0.3 is 0 Å². The lowest BCUT2D eigenvalue weighted by Gasteiger charge is -2.25. The first kappa shape index (κ1) is 15.2. The van der Waals surface area contributed by atoms with E-state index in [0.717, 1.165) is 26.2 Å². The van der Waals surface area contributed by atoms with E-state index in [0.29, 0.717) is 6.04 Å². The molecule has 102 valence electrons. The Balaban J connectivity index is 2.61. The number of nitrogens with zero attached hydrogens (tertiary/aromatic N) is 1. The van der Waals surface area contributed by atoms with Crippen LogP contribution in [0.4, 0.5) is 0 Å². The van der Waals surface area contributed by atoms with Gasteiger partial charge in [0.25, 0.3) is 0 Å². The van der Waals surface area contributed by atoms with E-state index < -0.39 is 0 Å². The third-order valence-electron chi connectivity index (χ3n) is 3.10. The van der Waals surface area contributed by atoms with Gasteiger partial charge in [0.2, 0.25) is 0 Å². The van der Waals surface area contributed by atoms with Gasteiger partial charge in [-0.1, -0.05) is 36.8 Å². The molecule has 3 nitrogen and oxygen atoms in total. The van der Waals surface area contributed by atoms with Gasteiger partial charge in [-0.25, -0.2) is 0 Å². The van der Waals surface area contributed by atoms with E-state index >= 15 is 0 Å². The summed E-state index contributed by atoms with van der Waals surface area (Å²) in [5.41, 5.74) is 2.66. The fourth-order valence-corrected chi connectivity index (χ4v) is 1.98. The molecule has 0 fully saturated rings. The molecule has 0 radical (unpaired) electrons. The number of hydrogen-bond acceptors (Lipinski definition) is 3. The Kier molecular flexibility index (Phi) is 6.94. The molecular formula is C15H26N2O. The zero-order valence-electron chi connectivity index (χ0n) is 12.1. The maximum absolute atomic E-state index is 5.11. The largest absolute Gasteiger partial charge is 0.383 e. The zero-order valence-corrected chi connectivity index (χ0v) is 12.1. The van der Waals surface area contributed by atoms with Crippen LogP contribution in [0.2, 0.25) is 0 Å². The molecule has 0 aliphatic heterocycles. The summed E-state index contributed by atoms with van der Waals surface area (Å²) in [6.45, 7) is 8.00. The molecule has 0 saturated carbocycles. The summed E-state index contributed by atoms with van der Waals surface area (Å²) in [4.78, 5) is 2.30. The minimum absolute atomic E-state index is 0.387. The van der Waals surface area contributed by atoms with Gasteiger partial charge in [-0.05, 0) is 26.1 Å². The molecule has 18 heavy (non-hydrogen) atoms. The van der Waals surface area contributed by atoms with Gasteiger partial charge in [0, 0.05) is 26.2 Å². The molecule has 0 heterocycles. The molecule has 0 amide bonds. The van der Waals surface area contributed by atoms with Gasteiger partial charge in [-0.15, -0.1) is 0 Å². The average Bonchev–Trinajstić information content (AvgIpc) is 2.37. The molecule has 0 aliphatic rings. The summed E-state index contributed by atoms with van der Waals surface area (Å²) >= 11 is 0. The lowest BCUT2D eigenvalue weighted by atomic mass is 10.0. The van der Waals surface area contributed by atoms with E-state index in [4.69, 9.17) is 4.74 Å². The quantitative estimate of drug-likeness (QED) is 0.765. The number of rotatable bonds is 8. The lowest BCUT2D eigenvalue weighted by molar-refractivity contribution is 0.155. The second-order valence-electron chi connectivity index (χ2n) is 4.78. The number of hydrogen-bond donors (Lipinski definition) is 1. The van der Waals surface area contributed by atoms with Crippen LogP contribution in [0.3, 0.4) is 0 Å². The Morgan fingerprint density at radius 2 is 1.94 bits per heavy atom. The summed E-state index contributed by atoms with van der Waals surface area (Å²) < 4.78 is 5.11. The number of likely N-dealkylation sites (N-methyl/N-ethyl adjacent to an activating group) is 2. The van der Waals surface area contributed by atoms with Crippen LogP contribution in [-0.2, 0) is 4.74 Å². The molecule has 0 aliphatic carbocycles. The van der Waals surface area contributed by atoms with Crippen molar-refractivity contribution in [3.63, 3.8) is 0 Å². The van der Waals surface area contributed by atoms with Crippen LogP contribution in [-0.4, -0.2) is 45.3 Å². The minimum atomic E-state index is 0.387. The van der Waals surface area contributed by atoms with Gasteiger partial charge in [0.05, 0.1) is 6.61 Å². The van der Waals surface area contributed by atoms with Crippen molar-refractivity contribution in [2.75, 3.05) is 40.4 Å². The molecular weight excluding hydrogens is 224 g/mol. The first-order valence-corrected chi connectivity index (χ1v) is 6.64. The Morgan fingerprint density at radius 3 is 2.50 bits per heavy atom. The van der Waals surface area contributed by atoms with Gasteiger partial charge < -0.3 is 15.0 Å². The average molecular weight is 250 g/mol. The van der Waals surface area contributed by atoms with Gasteiger partial charge in [-0.2, -0.15) is 0 Å². The van der Waals surface area contributed by atoms with Crippen molar-refractivity contribution < 1.29 is 4.74 Å². The van der Waals surface area contributed by atoms with Crippen LogP contribution in [0, 0.1) is 6.92 Å². The number of benzene rings is 1. The summed E-state index contributed by atoms with van der Waals surface area (Å²) in [7, 11) is 3.88. The molecule has 1 rings (SSSR count). The first-order chi connectivity index (χ1) is 8.67. The number of aryl methyl sites for hydroxylation is 1. The topological polar surface area (TPSA) is 24.5 Å². The van der Waals surface area contributed by atoms with E-state index in [1.54, 1.807) is 7.11 Å². The number of nitrogens with one attached hydrogen (secondary N) is 1. The maximum atomic E-state index is 5.11. The van der Waals surface area contributed by atoms with E-state index in [1.165, 1.54) is 11.1 Å². The normalized spacial score (nSPS) is 12.9. The molecule has 3 heteroatoms. The molecule has 1 unspecified atom stereocenters. The van der Waals surface area contributed by atoms with Crippen LogP contribution in [0.1, 0.15) is 24.1 Å². The standard InChI is InChI=1S/C15H26N2O/c1-5-16-15(12-17(3)10-11-18-4)14-8-6-13(2)7-9-14/h6-9,15-16H,5,10-12H2,1-4H3. The van der Waals surface area contributed by atoms with Crippen molar-refractivity contribution in [3.8, 4) is 0 Å². The summed E-state index contributed by atoms with van der Waals surface area (Å²) in [6, 6.07) is 9.17. The van der Waals surface area contributed by atoms with Crippen molar-refractivity contribution in [2.24, 2.45) is 0 Å². The third kappa shape index (κ3) is 5.17. The minimum Gasteiger partial charge on any atom is -0.383 e. The Hall–Kier alpha value is -0.900. The Morgan fingerprint density at radius 1 is 1.28 bits per heavy atom. The predicted octanol–water partition coefficient (Wildman–Crippen LogP) is 2.22. The second-order valence-corrected chi connectivity index (χ2v) is 4.78. The van der Waals surface area contributed by atoms with Crippen molar-refractivity contribution in [3.05, 3.63) is 35.4 Å². The summed E-state index contributed by atoms with van der Waals surface area (Å²) in [5.74, 6) is 0. The highest BCUT2D eigenvalue weighted by molar-refractivity contribution is 5.24. The van der Waals surface area contributed by atoms with Crippen LogP contribution in [0.5, 0.6) is 0 Å². The monoisotopic (exact) mass is 250 g/mol. The van der Waals surface area contributed by atoms with Gasteiger partial charge in [0.15, 0.2) is 0 Å². The molecule has 1 atom stereocenters. The highest BCUT2D eigenvalue weighted by Gasteiger charge is 2.12. The lowest BCUT2D eigenvalue weighted by Crippen LogP contribution is -2.34. The molecule has 0 saturated heterocycles. The summed E-state index contributed by atoms with van der Waals surface area (Å²) in [6.07, 6.45) is 0. The fourth-order valence-electron chi connectivity index (χ4n) is 1.98. The van der Waals surface area contributed by atoms with Crippen LogP contribution in [0.25, 0.3) is 0 Å². The SMILES string of the molecule is CCNC(CN(C)CCOC)c1ccc(C)cc1. The van der Waals surface area contributed by atoms with Gasteiger partial charge in [-0.3, -0.25) is 0 Å². The van der Waals surface area contributed by atoms with Crippen LogP contribution < -0.4 is 5.32 Å². The van der Waals surface area contributed by atoms with E-state index in [9.17, 15) is 0 Å². The van der Waals surface area contributed by atoms with Gasteiger partial charge in [0.1, 0.15) is 0 Å². The highest BCUT2D eigenvalue weighted by Crippen LogP contribution is 2.14. The Bertz CT molecular complexity index is 324.